The third kappa shape index (κ3) is 2.70. The molecule has 1 N–H and O–H groups in total. The van der Waals surface area contributed by atoms with Crippen LogP contribution in [0.5, 0.6) is 0 Å². The summed E-state index contributed by atoms with van der Waals surface area (Å²) in [6.45, 7) is 1.98. The molecule has 0 aliphatic rings. The molecule has 0 saturated heterocycles. The Labute approximate surface area is 139 Å². The topological polar surface area (TPSA) is 50.2 Å². The molecule has 0 spiro atoms. The van der Waals surface area contributed by atoms with Crippen molar-refractivity contribution in [2.45, 2.75) is 6.92 Å². The average molecular weight is 312 g/mol. The second-order valence-corrected chi connectivity index (χ2v) is 5.65. The van der Waals surface area contributed by atoms with E-state index in [1.807, 2.05) is 43.3 Å². The molecular formula is C20H16N4. The summed E-state index contributed by atoms with van der Waals surface area (Å²) in [5.41, 5.74) is 5.03. The monoisotopic (exact) mass is 312 g/mol. The first-order valence-electron chi connectivity index (χ1n) is 7.81. The van der Waals surface area contributed by atoms with Gasteiger partial charge in [-0.15, -0.1) is 5.10 Å². The van der Waals surface area contributed by atoms with Crippen LogP contribution in [0.25, 0.3) is 21.5 Å². The number of aromatic nitrogens is 2. The highest BCUT2D eigenvalue weighted by atomic mass is 15.3. The molecule has 4 aromatic rings. The number of rotatable bonds is 3. The molecule has 1 aromatic heterocycles. The molecule has 0 amide bonds. The molecule has 4 nitrogen and oxygen atoms in total. The van der Waals surface area contributed by atoms with Gasteiger partial charge in [0, 0.05) is 10.8 Å². The van der Waals surface area contributed by atoms with E-state index >= 15 is 0 Å². The Morgan fingerprint density at radius 3 is 2.50 bits per heavy atom. The van der Waals surface area contributed by atoms with Crippen molar-refractivity contribution >= 4 is 33.1 Å². The van der Waals surface area contributed by atoms with Gasteiger partial charge in [-0.2, -0.15) is 10.2 Å². The van der Waals surface area contributed by atoms with Gasteiger partial charge in [-0.1, -0.05) is 60.7 Å². The summed E-state index contributed by atoms with van der Waals surface area (Å²) in [7, 11) is 0. The summed E-state index contributed by atoms with van der Waals surface area (Å²) < 4.78 is 0. The van der Waals surface area contributed by atoms with Crippen molar-refractivity contribution in [3.63, 3.8) is 0 Å². The quantitative estimate of drug-likeness (QED) is 0.443. The van der Waals surface area contributed by atoms with E-state index in [4.69, 9.17) is 0 Å². The van der Waals surface area contributed by atoms with Crippen molar-refractivity contribution in [2.24, 2.45) is 5.10 Å². The van der Waals surface area contributed by atoms with Crippen molar-refractivity contribution in [1.29, 1.82) is 0 Å². The minimum Gasteiger partial charge on any atom is -0.259 e. The lowest BCUT2D eigenvalue weighted by atomic mass is 10.0. The third-order valence-corrected chi connectivity index (χ3v) is 4.07. The lowest BCUT2D eigenvalue weighted by Gasteiger charge is -2.06. The van der Waals surface area contributed by atoms with Crippen molar-refractivity contribution < 1.29 is 0 Å². The van der Waals surface area contributed by atoms with Crippen LogP contribution in [0.1, 0.15) is 12.5 Å². The number of anilines is 1. The van der Waals surface area contributed by atoms with E-state index in [2.05, 4.69) is 51.1 Å². The van der Waals surface area contributed by atoms with Gasteiger partial charge in [0.05, 0.1) is 11.9 Å². The molecular weight excluding hydrogens is 296 g/mol. The highest BCUT2D eigenvalue weighted by Gasteiger charge is 2.03. The predicted octanol–water partition coefficient (Wildman–Crippen LogP) is 4.62. The molecule has 0 saturated carbocycles. The maximum absolute atomic E-state index is 4.49. The summed E-state index contributed by atoms with van der Waals surface area (Å²) in [6.07, 6.45) is 1.75. The van der Waals surface area contributed by atoms with Gasteiger partial charge >= 0.3 is 0 Å². The zero-order chi connectivity index (χ0) is 16.4. The molecule has 1 heterocycles. The second-order valence-electron chi connectivity index (χ2n) is 5.65. The Hall–Kier alpha value is -3.27. The molecule has 0 radical (unpaired) electrons. The zero-order valence-corrected chi connectivity index (χ0v) is 13.3. The number of hydrazone groups is 1. The summed E-state index contributed by atoms with van der Waals surface area (Å²) in [5, 5.41) is 17.1. The lowest BCUT2D eigenvalue weighted by molar-refractivity contribution is 1.04. The average Bonchev–Trinajstić information content (AvgIpc) is 2.65. The van der Waals surface area contributed by atoms with Crippen LogP contribution in [0.4, 0.5) is 5.82 Å². The minimum atomic E-state index is 0.660. The van der Waals surface area contributed by atoms with Crippen LogP contribution in [-0.2, 0) is 0 Å². The third-order valence-electron chi connectivity index (χ3n) is 4.07. The first kappa shape index (κ1) is 14.3. The van der Waals surface area contributed by atoms with E-state index in [0.717, 1.165) is 22.0 Å². The molecule has 24 heavy (non-hydrogen) atoms. The lowest BCUT2D eigenvalue weighted by Crippen LogP contribution is -2.02. The molecule has 4 heteroatoms. The molecule has 0 fully saturated rings. The summed E-state index contributed by atoms with van der Waals surface area (Å²) in [5.74, 6) is 0.660. The summed E-state index contributed by atoms with van der Waals surface area (Å²) in [6, 6.07) is 22.6. The van der Waals surface area contributed by atoms with Crippen LogP contribution < -0.4 is 5.43 Å². The number of fused-ring (bicyclic) bond motifs is 2. The van der Waals surface area contributed by atoms with Crippen molar-refractivity contribution in [3.8, 4) is 0 Å². The van der Waals surface area contributed by atoms with Gasteiger partial charge in [0.2, 0.25) is 0 Å². The maximum Gasteiger partial charge on any atom is 0.176 e. The molecule has 4 rings (SSSR count). The minimum absolute atomic E-state index is 0.660. The van der Waals surface area contributed by atoms with Crippen LogP contribution in [0.3, 0.4) is 0 Å². The van der Waals surface area contributed by atoms with E-state index in [-0.39, 0.29) is 0 Å². The number of nitrogens with one attached hydrogen (secondary N) is 1. The number of hydrogen-bond acceptors (Lipinski definition) is 4. The molecule has 0 aliphatic heterocycles. The summed E-state index contributed by atoms with van der Waals surface area (Å²) >= 11 is 0. The second kappa shape index (κ2) is 6.08. The Morgan fingerprint density at radius 2 is 1.62 bits per heavy atom. The van der Waals surface area contributed by atoms with Crippen molar-refractivity contribution in [2.75, 3.05) is 5.43 Å². The van der Waals surface area contributed by atoms with Gasteiger partial charge in [-0.25, -0.2) is 0 Å². The van der Waals surface area contributed by atoms with Gasteiger partial charge in [-0.3, -0.25) is 5.43 Å². The fourth-order valence-electron chi connectivity index (χ4n) is 2.73. The summed E-state index contributed by atoms with van der Waals surface area (Å²) in [4.78, 5) is 0. The van der Waals surface area contributed by atoms with Crippen LogP contribution in [-0.4, -0.2) is 15.9 Å². The van der Waals surface area contributed by atoms with Crippen molar-refractivity contribution in [1.82, 2.24) is 10.2 Å². The van der Waals surface area contributed by atoms with E-state index in [0.29, 0.717) is 5.82 Å². The Morgan fingerprint density at radius 1 is 0.875 bits per heavy atom. The molecule has 0 atom stereocenters. The Kier molecular flexibility index (Phi) is 3.63. The van der Waals surface area contributed by atoms with Crippen molar-refractivity contribution in [3.05, 3.63) is 78.5 Å². The van der Waals surface area contributed by atoms with E-state index in [1.54, 1.807) is 6.20 Å². The molecule has 0 unspecified atom stereocenters. The van der Waals surface area contributed by atoms with E-state index in [9.17, 15) is 0 Å². The Balaban J connectivity index is 1.66. The number of benzene rings is 3. The zero-order valence-electron chi connectivity index (χ0n) is 13.3. The van der Waals surface area contributed by atoms with Crippen LogP contribution in [0.15, 0.2) is 78.0 Å². The van der Waals surface area contributed by atoms with Gasteiger partial charge in [0.1, 0.15) is 0 Å². The first-order chi connectivity index (χ1) is 11.8. The molecule has 116 valence electrons. The fourth-order valence-corrected chi connectivity index (χ4v) is 2.73. The van der Waals surface area contributed by atoms with Crippen LogP contribution in [0.2, 0.25) is 0 Å². The predicted molar refractivity (Wildman–Crippen MR) is 99.3 cm³/mol. The van der Waals surface area contributed by atoms with Crippen LogP contribution >= 0.6 is 0 Å². The van der Waals surface area contributed by atoms with Gasteiger partial charge in [0.15, 0.2) is 5.82 Å². The first-order valence-corrected chi connectivity index (χ1v) is 7.81. The molecule has 3 aromatic carbocycles. The normalized spacial score (nSPS) is 11.8. The highest BCUT2D eigenvalue weighted by molar-refractivity contribution is 6.02. The van der Waals surface area contributed by atoms with Gasteiger partial charge in [0.25, 0.3) is 0 Å². The number of nitrogens with zero attached hydrogens (tertiary/aromatic N) is 3. The van der Waals surface area contributed by atoms with Crippen LogP contribution in [0, 0.1) is 0 Å². The number of hydrogen-bond donors (Lipinski definition) is 1. The largest absolute Gasteiger partial charge is 0.259 e. The highest BCUT2D eigenvalue weighted by Crippen LogP contribution is 2.20. The van der Waals surface area contributed by atoms with Gasteiger partial charge in [-0.05, 0) is 29.3 Å². The Bertz CT molecular complexity index is 1050. The maximum atomic E-state index is 4.49. The molecule has 0 aliphatic carbocycles. The van der Waals surface area contributed by atoms with E-state index in [1.165, 1.54) is 10.8 Å². The van der Waals surface area contributed by atoms with Gasteiger partial charge < -0.3 is 0 Å². The molecule has 0 bridgehead atoms. The SMILES string of the molecule is CC(=NNc1nncc2ccccc12)c1ccc2ccccc2c1. The fraction of sp³-hybridized carbons (Fsp3) is 0.0500. The smallest absolute Gasteiger partial charge is 0.176 e. The van der Waals surface area contributed by atoms with E-state index < -0.39 is 0 Å². The standard InChI is InChI=1S/C20H16N4/c1-14(16-11-10-15-6-2-3-7-17(15)12-16)22-24-20-19-9-5-4-8-18(19)13-21-23-20/h2-13H,1H3,(H,23,24).